The summed E-state index contributed by atoms with van der Waals surface area (Å²) >= 11 is 0. The number of carbonyl (C=O) groups is 1. The number of urea groups is 1. The molecule has 150 valence electrons. The Labute approximate surface area is 164 Å². The number of likely N-dealkylation sites (tertiary alicyclic amines) is 1. The summed E-state index contributed by atoms with van der Waals surface area (Å²) in [5.74, 6) is 0.635. The number of nitrogens with zero attached hydrogens (tertiary/aromatic N) is 6. The van der Waals surface area contributed by atoms with E-state index in [0.29, 0.717) is 19.0 Å². The third kappa shape index (κ3) is 3.81. The fourth-order valence-electron chi connectivity index (χ4n) is 3.74. The maximum absolute atomic E-state index is 12.8. The second kappa shape index (κ2) is 7.76. The normalized spacial score (nSPS) is 22.6. The molecule has 0 saturated carbocycles. The number of piperidine rings is 1. The molecule has 9 heteroatoms. The smallest absolute Gasteiger partial charge is 0.321 e. The van der Waals surface area contributed by atoms with Crippen LogP contribution in [0.15, 0.2) is 30.6 Å². The molecule has 2 fully saturated rings. The molecule has 2 saturated heterocycles. The van der Waals surface area contributed by atoms with E-state index >= 15 is 0 Å². The van der Waals surface area contributed by atoms with Crippen LogP contribution in [0.4, 0.5) is 16.4 Å². The highest BCUT2D eigenvalue weighted by molar-refractivity contribution is 5.89. The lowest BCUT2D eigenvalue weighted by atomic mass is 9.99. The van der Waals surface area contributed by atoms with Gasteiger partial charge < -0.3 is 19.9 Å². The van der Waals surface area contributed by atoms with Crippen molar-refractivity contribution < 1.29 is 9.53 Å². The van der Waals surface area contributed by atoms with Crippen LogP contribution in [-0.4, -0.2) is 90.1 Å². The Hall–Kier alpha value is -2.65. The zero-order valence-electron chi connectivity index (χ0n) is 16.6. The minimum atomic E-state index is -0.0813. The number of fused-ring (bicyclic) bond motifs is 1. The lowest BCUT2D eigenvalue weighted by molar-refractivity contribution is -0.0875. The summed E-state index contributed by atoms with van der Waals surface area (Å²) in [6.45, 7) is 3.07. The van der Waals surface area contributed by atoms with Crippen molar-refractivity contribution in [1.29, 1.82) is 0 Å². The van der Waals surface area contributed by atoms with Gasteiger partial charge in [0.25, 0.3) is 0 Å². The summed E-state index contributed by atoms with van der Waals surface area (Å²) in [4.78, 5) is 23.1. The zero-order chi connectivity index (χ0) is 19.7. The van der Waals surface area contributed by atoms with Crippen LogP contribution in [0.2, 0.25) is 0 Å². The highest BCUT2D eigenvalue weighted by atomic mass is 16.5. The molecule has 1 N–H and O–H groups in total. The number of carbonyl (C=O) groups excluding carboxylic acids is 1. The van der Waals surface area contributed by atoms with Gasteiger partial charge in [0.2, 0.25) is 5.95 Å². The Kier molecular flexibility index (Phi) is 5.19. The first-order valence-corrected chi connectivity index (χ1v) is 9.58. The Morgan fingerprint density at radius 1 is 1.32 bits per heavy atom. The van der Waals surface area contributed by atoms with Gasteiger partial charge in [-0.3, -0.25) is 4.90 Å². The van der Waals surface area contributed by atoms with Crippen molar-refractivity contribution in [2.75, 3.05) is 57.6 Å². The number of likely N-dealkylation sites (N-methyl/N-ethyl adjacent to an activating group) is 1. The molecule has 1 aromatic carbocycles. The van der Waals surface area contributed by atoms with Crippen LogP contribution < -0.4 is 10.2 Å². The number of rotatable bonds is 3. The first-order chi connectivity index (χ1) is 13.5. The molecule has 2 amide bonds. The van der Waals surface area contributed by atoms with E-state index in [9.17, 15) is 4.79 Å². The van der Waals surface area contributed by atoms with Crippen molar-refractivity contribution in [1.82, 2.24) is 24.6 Å². The average molecular weight is 385 g/mol. The average Bonchev–Trinajstić information content (AvgIpc) is 3.19. The fourth-order valence-corrected chi connectivity index (χ4v) is 3.74. The van der Waals surface area contributed by atoms with Crippen molar-refractivity contribution in [3.8, 4) is 5.69 Å². The molecule has 1 aromatic heterocycles. The fraction of sp³-hybridized carbons (Fsp3) is 0.526. The highest BCUT2D eigenvalue weighted by Crippen LogP contribution is 2.23. The number of amides is 2. The van der Waals surface area contributed by atoms with Gasteiger partial charge in [0.1, 0.15) is 6.33 Å². The minimum absolute atomic E-state index is 0.0813. The van der Waals surface area contributed by atoms with E-state index in [4.69, 9.17) is 4.74 Å². The van der Waals surface area contributed by atoms with Crippen LogP contribution in [0.5, 0.6) is 0 Å². The van der Waals surface area contributed by atoms with Crippen LogP contribution in [0.1, 0.15) is 6.42 Å². The molecule has 2 aromatic rings. The van der Waals surface area contributed by atoms with Crippen molar-refractivity contribution in [3.63, 3.8) is 0 Å². The molecule has 0 spiro atoms. The number of morpholine rings is 1. The Morgan fingerprint density at radius 3 is 2.96 bits per heavy atom. The lowest BCUT2D eigenvalue weighted by Gasteiger charge is -2.45. The molecule has 2 aliphatic heterocycles. The Morgan fingerprint density at radius 2 is 2.18 bits per heavy atom. The zero-order valence-corrected chi connectivity index (χ0v) is 16.6. The summed E-state index contributed by atoms with van der Waals surface area (Å²) in [5, 5.41) is 7.45. The maximum atomic E-state index is 12.8. The van der Waals surface area contributed by atoms with Crippen LogP contribution >= 0.6 is 0 Å². The topological polar surface area (TPSA) is 78.8 Å². The third-order valence-electron chi connectivity index (χ3n) is 5.39. The molecule has 0 radical (unpaired) electrons. The van der Waals surface area contributed by atoms with Crippen molar-refractivity contribution >= 4 is 17.7 Å². The maximum Gasteiger partial charge on any atom is 0.321 e. The van der Waals surface area contributed by atoms with Crippen molar-refractivity contribution in [3.05, 3.63) is 30.6 Å². The quantitative estimate of drug-likeness (QED) is 0.857. The molecule has 28 heavy (non-hydrogen) atoms. The Balaban J connectivity index is 1.43. The molecular weight excluding hydrogens is 358 g/mol. The first kappa shape index (κ1) is 18.7. The summed E-state index contributed by atoms with van der Waals surface area (Å²) < 4.78 is 7.56. The molecule has 2 aliphatic rings. The summed E-state index contributed by atoms with van der Waals surface area (Å²) in [7, 11) is 5.90. The van der Waals surface area contributed by atoms with E-state index in [2.05, 4.69) is 27.3 Å². The van der Waals surface area contributed by atoms with E-state index in [1.165, 1.54) is 0 Å². The molecule has 0 bridgehead atoms. The van der Waals surface area contributed by atoms with Gasteiger partial charge in [0.15, 0.2) is 0 Å². The van der Waals surface area contributed by atoms with Gasteiger partial charge >= 0.3 is 6.03 Å². The van der Waals surface area contributed by atoms with Gasteiger partial charge in [0, 0.05) is 39.4 Å². The third-order valence-corrected chi connectivity index (χ3v) is 5.39. The standard InChI is InChI=1S/C19H27N7O2/c1-23(2)18-20-13-26(22-18)15-6-4-5-14(11-15)21-19(27)25-8-7-17-16(12-25)24(3)9-10-28-17/h4-6,11,13,16-17H,7-10,12H2,1-3H3,(H,21,27)/t16-,17-/m0/s1. The number of hydrogen-bond acceptors (Lipinski definition) is 6. The largest absolute Gasteiger partial charge is 0.375 e. The molecular formula is C19H27N7O2. The van der Waals surface area contributed by atoms with Gasteiger partial charge in [-0.1, -0.05) is 6.07 Å². The van der Waals surface area contributed by atoms with Crippen LogP contribution in [0.3, 0.4) is 0 Å². The number of aromatic nitrogens is 3. The molecule has 0 aliphatic carbocycles. The number of nitrogens with one attached hydrogen (secondary N) is 1. The van der Waals surface area contributed by atoms with Gasteiger partial charge in [-0.2, -0.15) is 4.98 Å². The van der Waals surface area contributed by atoms with Gasteiger partial charge in [-0.15, -0.1) is 5.10 Å². The molecule has 4 rings (SSSR count). The Bertz CT molecular complexity index is 837. The van der Waals surface area contributed by atoms with Crippen LogP contribution in [-0.2, 0) is 4.74 Å². The van der Waals surface area contributed by atoms with Crippen LogP contribution in [0, 0.1) is 0 Å². The summed E-state index contributed by atoms with van der Waals surface area (Å²) in [6, 6.07) is 7.80. The SMILES string of the molecule is CN(C)c1ncn(-c2cccc(NC(=O)N3CC[C@@H]4OCCN(C)[C@H]4C3)c2)n1. The number of hydrogen-bond donors (Lipinski definition) is 1. The predicted octanol–water partition coefficient (Wildman–Crippen LogP) is 1.27. The molecule has 2 atom stereocenters. The summed E-state index contributed by atoms with van der Waals surface area (Å²) in [6.07, 6.45) is 2.76. The van der Waals surface area contributed by atoms with E-state index in [0.717, 1.165) is 30.9 Å². The van der Waals surface area contributed by atoms with Crippen molar-refractivity contribution in [2.24, 2.45) is 0 Å². The molecule has 3 heterocycles. The molecule has 9 nitrogen and oxygen atoms in total. The minimum Gasteiger partial charge on any atom is -0.375 e. The number of anilines is 2. The molecule has 0 unspecified atom stereocenters. The number of ether oxygens (including phenoxy) is 1. The monoisotopic (exact) mass is 385 g/mol. The van der Waals surface area contributed by atoms with Crippen LogP contribution in [0.25, 0.3) is 5.69 Å². The second-order valence-electron chi connectivity index (χ2n) is 7.56. The van der Waals surface area contributed by atoms with E-state index < -0.39 is 0 Å². The highest BCUT2D eigenvalue weighted by Gasteiger charge is 2.36. The summed E-state index contributed by atoms with van der Waals surface area (Å²) in [5.41, 5.74) is 1.58. The van der Waals surface area contributed by atoms with Gasteiger partial charge in [0.05, 0.1) is 24.4 Å². The van der Waals surface area contributed by atoms with E-state index in [-0.39, 0.29) is 18.2 Å². The number of benzene rings is 1. The van der Waals surface area contributed by atoms with Crippen molar-refractivity contribution in [2.45, 2.75) is 18.6 Å². The lowest BCUT2D eigenvalue weighted by Crippen LogP contribution is -2.60. The second-order valence-corrected chi connectivity index (χ2v) is 7.56. The predicted molar refractivity (Wildman–Crippen MR) is 107 cm³/mol. The van der Waals surface area contributed by atoms with E-state index in [1.807, 2.05) is 48.2 Å². The van der Waals surface area contributed by atoms with Gasteiger partial charge in [-0.05, 0) is 31.7 Å². The van der Waals surface area contributed by atoms with E-state index in [1.54, 1.807) is 11.0 Å². The van der Waals surface area contributed by atoms with Gasteiger partial charge in [-0.25, -0.2) is 9.48 Å². The first-order valence-electron chi connectivity index (χ1n) is 9.58.